The molecule has 0 fully saturated rings. The zero-order chi connectivity index (χ0) is 14.5. The summed E-state index contributed by atoms with van der Waals surface area (Å²) < 4.78 is 0. The zero-order valence-electron chi connectivity index (χ0n) is 10.3. The fourth-order valence-corrected chi connectivity index (χ4v) is 1.75. The molecule has 0 aromatic heterocycles. The van der Waals surface area contributed by atoms with Gasteiger partial charge >= 0.3 is 5.97 Å². The molecule has 20 heavy (non-hydrogen) atoms. The van der Waals surface area contributed by atoms with Crippen LogP contribution in [-0.2, 0) is 0 Å². The maximum Gasteiger partial charge on any atom is 0.337 e. The van der Waals surface area contributed by atoms with Crippen molar-refractivity contribution in [3.63, 3.8) is 0 Å². The second-order valence-electron chi connectivity index (χ2n) is 3.96. The summed E-state index contributed by atoms with van der Waals surface area (Å²) in [6.45, 7) is 0. The van der Waals surface area contributed by atoms with E-state index >= 15 is 0 Å². The quantitative estimate of drug-likeness (QED) is 0.887. The molecule has 0 bridgehead atoms. The number of nitrogens with zero attached hydrogens (tertiary/aromatic N) is 2. The van der Waals surface area contributed by atoms with Crippen LogP contribution in [0.2, 0.25) is 0 Å². The predicted octanol–water partition coefficient (Wildman–Crippen LogP) is 2.87. The second-order valence-corrected chi connectivity index (χ2v) is 3.96. The SMILES string of the molecule is N#Cc1ccc(Nc2ccccc2C(=O)O)cc1C#N. The number of carbonyl (C=O) groups is 1. The third-order valence-electron chi connectivity index (χ3n) is 2.70. The summed E-state index contributed by atoms with van der Waals surface area (Å²) in [6, 6.07) is 15.0. The van der Waals surface area contributed by atoms with Gasteiger partial charge in [0, 0.05) is 5.69 Å². The molecule has 0 amide bonds. The first-order valence-corrected chi connectivity index (χ1v) is 5.69. The summed E-state index contributed by atoms with van der Waals surface area (Å²) in [5.41, 5.74) is 1.63. The summed E-state index contributed by atoms with van der Waals surface area (Å²) in [4.78, 5) is 11.1. The number of hydrogen-bond acceptors (Lipinski definition) is 4. The normalized spacial score (nSPS) is 9.30. The fourth-order valence-electron chi connectivity index (χ4n) is 1.75. The summed E-state index contributed by atoms with van der Waals surface area (Å²) in [5, 5.41) is 29.8. The Morgan fingerprint density at radius 2 is 1.75 bits per heavy atom. The van der Waals surface area contributed by atoms with Gasteiger partial charge in [0.15, 0.2) is 0 Å². The molecule has 2 aromatic carbocycles. The third-order valence-corrected chi connectivity index (χ3v) is 2.70. The van der Waals surface area contributed by atoms with Crippen molar-refractivity contribution in [3.8, 4) is 12.1 Å². The van der Waals surface area contributed by atoms with Crippen LogP contribution >= 0.6 is 0 Å². The van der Waals surface area contributed by atoms with Crippen molar-refractivity contribution >= 4 is 17.3 Å². The lowest BCUT2D eigenvalue weighted by molar-refractivity contribution is 0.0698. The van der Waals surface area contributed by atoms with Crippen molar-refractivity contribution < 1.29 is 9.90 Å². The predicted molar refractivity (Wildman–Crippen MR) is 72.6 cm³/mol. The van der Waals surface area contributed by atoms with Gasteiger partial charge in [-0.2, -0.15) is 10.5 Å². The Kier molecular flexibility index (Phi) is 3.65. The number of nitriles is 2. The number of carboxylic acids is 1. The molecule has 96 valence electrons. The number of hydrogen-bond donors (Lipinski definition) is 2. The molecule has 2 N–H and O–H groups in total. The summed E-state index contributed by atoms with van der Waals surface area (Å²) in [6.07, 6.45) is 0. The van der Waals surface area contributed by atoms with Crippen LogP contribution in [0.3, 0.4) is 0 Å². The minimum atomic E-state index is -1.04. The van der Waals surface area contributed by atoms with E-state index < -0.39 is 5.97 Å². The number of para-hydroxylation sites is 1. The van der Waals surface area contributed by atoms with Crippen molar-refractivity contribution in [2.45, 2.75) is 0 Å². The van der Waals surface area contributed by atoms with Gasteiger partial charge in [-0.25, -0.2) is 4.79 Å². The average molecular weight is 263 g/mol. The van der Waals surface area contributed by atoms with E-state index in [9.17, 15) is 4.79 Å². The Morgan fingerprint density at radius 3 is 2.40 bits per heavy atom. The molecule has 5 heteroatoms. The number of aromatic carboxylic acids is 1. The summed E-state index contributed by atoms with van der Waals surface area (Å²) in [7, 11) is 0. The number of anilines is 2. The number of carboxylic acid groups (broad SMARTS) is 1. The van der Waals surface area contributed by atoms with Crippen LogP contribution in [0.5, 0.6) is 0 Å². The van der Waals surface area contributed by atoms with E-state index in [0.29, 0.717) is 11.4 Å². The Morgan fingerprint density at radius 1 is 1.05 bits per heavy atom. The molecular weight excluding hydrogens is 254 g/mol. The highest BCUT2D eigenvalue weighted by Gasteiger charge is 2.10. The second kappa shape index (κ2) is 5.55. The van der Waals surface area contributed by atoms with E-state index in [4.69, 9.17) is 15.6 Å². The Bertz CT molecular complexity index is 754. The van der Waals surface area contributed by atoms with E-state index in [0.717, 1.165) is 0 Å². The molecule has 0 aliphatic rings. The largest absolute Gasteiger partial charge is 0.478 e. The van der Waals surface area contributed by atoms with Gasteiger partial charge in [0.2, 0.25) is 0 Å². The van der Waals surface area contributed by atoms with Gasteiger partial charge in [0.1, 0.15) is 12.1 Å². The molecule has 0 unspecified atom stereocenters. The molecule has 2 rings (SSSR count). The molecule has 0 saturated carbocycles. The zero-order valence-corrected chi connectivity index (χ0v) is 10.3. The van der Waals surface area contributed by atoms with Crippen LogP contribution in [-0.4, -0.2) is 11.1 Å². The molecule has 0 aliphatic carbocycles. The standard InChI is InChI=1S/C15H9N3O2/c16-8-10-5-6-12(7-11(10)9-17)18-14-4-2-1-3-13(14)15(19)20/h1-7,18H,(H,19,20). The maximum atomic E-state index is 11.1. The average Bonchev–Trinajstić information content (AvgIpc) is 2.47. The molecule has 0 saturated heterocycles. The molecule has 0 spiro atoms. The first-order valence-electron chi connectivity index (χ1n) is 5.69. The van der Waals surface area contributed by atoms with Gasteiger partial charge in [-0.15, -0.1) is 0 Å². The molecule has 2 aromatic rings. The van der Waals surface area contributed by atoms with Gasteiger partial charge in [-0.1, -0.05) is 12.1 Å². The lowest BCUT2D eigenvalue weighted by atomic mass is 10.1. The minimum absolute atomic E-state index is 0.135. The highest BCUT2D eigenvalue weighted by Crippen LogP contribution is 2.22. The van der Waals surface area contributed by atoms with Crippen molar-refractivity contribution in [3.05, 3.63) is 59.2 Å². The van der Waals surface area contributed by atoms with Gasteiger partial charge in [-0.3, -0.25) is 0 Å². The Hall–Kier alpha value is -3.31. The Balaban J connectivity index is 2.39. The molecule has 5 nitrogen and oxygen atoms in total. The third kappa shape index (κ3) is 2.58. The topological polar surface area (TPSA) is 96.9 Å². The summed E-state index contributed by atoms with van der Waals surface area (Å²) >= 11 is 0. The van der Waals surface area contributed by atoms with E-state index in [1.54, 1.807) is 24.3 Å². The van der Waals surface area contributed by atoms with Crippen LogP contribution in [0.15, 0.2) is 42.5 Å². The monoisotopic (exact) mass is 263 g/mol. The van der Waals surface area contributed by atoms with Crippen molar-refractivity contribution in [1.82, 2.24) is 0 Å². The lowest BCUT2D eigenvalue weighted by Crippen LogP contribution is -2.02. The van der Waals surface area contributed by atoms with Gasteiger partial charge in [0.25, 0.3) is 0 Å². The van der Waals surface area contributed by atoms with Crippen LogP contribution in [0.25, 0.3) is 0 Å². The first kappa shape index (κ1) is 13.1. The number of rotatable bonds is 3. The minimum Gasteiger partial charge on any atom is -0.478 e. The molecule has 0 atom stereocenters. The summed E-state index contributed by atoms with van der Waals surface area (Å²) in [5.74, 6) is -1.04. The van der Waals surface area contributed by atoms with E-state index in [2.05, 4.69) is 5.32 Å². The van der Waals surface area contributed by atoms with E-state index in [1.807, 2.05) is 12.1 Å². The fraction of sp³-hybridized carbons (Fsp3) is 0. The smallest absolute Gasteiger partial charge is 0.337 e. The van der Waals surface area contributed by atoms with Crippen molar-refractivity contribution in [2.75, 3.05) is 5.32 Å². The van der Waals surface area contributed by atoms with Gasteiger partial charge in [0.05, 0.1) is 22.4 Å². The van der Waals surface area contributed by atoms with E-state index in [-0.39, 0.29) is 16.7 Å². The van der Waals surface area contributed by atoms with Crippen LogP contribution in [0.4, 0.5) is 11.4 Å². The first-order chi connectivity index (χ1) is 9.65. The number of benzene rings is 2. The highest BCUT2D eigenvalue weighted by atomic mass is 16.4. The van der Waals surface area contributed by atoms with E-state index in [1.165, 1.54) is 18.2 Å². The van der Waals surface area contributed by atoms with Crippen LogP contribution in [0.1, 0.15) is 21.5 Å². The van der Waals surface area contributed by atoms with Gasteiger partial charge < -0.3 is 10.4 Å². The van der Waals surface area contributed by atoms with Crippen LogP contribution in [0, 0.1) is 22.7 Å². The Labute approximate surface area is 115 Å². The highest BCUT2D eigenvalue weighted by molar-refractivity contribution is 5.95. The molecule has 0 radical (unpaired) electrons. The molecular formula is C15H9N3O2. The van der Waals surface area contributed by atoms with Gasteiger partial charge in [-0.05, 0) is 30.3 Å². The van der Waals surface area contributed by atoms with Crippen molar-refractivity contribution in [2.24, 2.45) is 0 Å². The maximum absolute atomic E-state index is 11.1. The van der Waals surface area contributed by atoms with Crippen molar-refractivity contribution in [1.29, 1.82) is 10.5 Å². The number of nitrogens with one attached hydrogen (secondary N) is 1. The molecule has 0 heterocycles. The molecule has 0 aliphatic heterocycles. The lowest BCUT2D eigenvalue weighted by Gasteiger charge is -2.09. The van der Waals surface area contributed by atoms with Crippen LogP contribution < -0.4 is 5.32 Å².